The molecular weight excluding hydrogens is 578 g/mol. The van der Waals surface area contributed by atoms with Crippen LogP contribution in [0.4, 0.5) is 0 Å². The maximum Gasteiger partial charge on any atom is 0.306 e. The summed E-state index contributed by atoms with van der Waals surface area (Å²) < 4.78 is 29.6. The van der Waals surface area contributed by atoms with Crippen LogP contribution in [0.15, 0.2) is 22.8 Å². The Morgan fingerprint density at radius 3 is 2.78 bits per heavy atom. The van der Waals surface area contributed by atoms with Gasteiger partial charge in [0.15, 0.2) is 16.9 Å². The van der Waals surface area contributed by atoms with Crippen LogP contribution in [-0.4, -0.2) is 112 Å². The number of aryl methyl sites for hydroxylation is 1. The zero-order chi connectivity index (χ0) is 29.5. The van der Waals surface area contributed by atoms with E-state index in [0.29, 0.717) is 35.4 Å². The second kappa shape index (κ2) is 14.6. The highest BCUT2D eigenvalue weighted by Crippen LogP contribution is 2.46. The van der Waals surface area contributed by atoms with E-state index in [-0.39, 0.29) is 62.8 Å². The predicted molar refractivity (Wildman–Crippen MR) is 153 cm³/mol. The van der Waals surface area contributed by atoms with Crippen LogP contribution in [0.1, 0.15) is 31.7 Å². The number of carbonyl (C=O) groups is 1. The molecule has 2 bridgehead atoms. The van der Waals surface area contributed by atoms with Gasteiger partial charge < -0.3 is 54.2 Å². The van der Waals surface area contributed by atoms with E-state index < -0.39 is 42.3 Å². The summed E-state index contributed by atoms with van der Waals surface area (Å²) in [6.45, 7) is 2.42. The number of furan rings is 1. The first-order chi connectivity index (χ1) is 19.8. The molecule has 3 heterocycles. The molecule has 230 valence electrons. The summed E-state index contributed by atoms with van der Waals surface area (Å²) in [4.78, 5) is 12.3. The fourth-order valence-corrected chi connectivity index (χ4v) is 7.35. The van der Waals surface area contributed by atoms with Gasteiger partial charge >= 0.3 is 5.97 Å². The minimum atomic E-state index is -2.18. The molecule has 5 atom stereocenters. The van der Waals surface area contributed by atoms with Crippen LogP contribution >= 0.6 is 21.6 Å². The molecule has 0 saturated carbocycles. The molecule has 0 radical (unpaired) electrons. The van der Waals surface area contributed by atoms with Gasteiger partial charge in [-0.3, -0.25) is 4.79 Å². The van der Waals surface area contributed by atoms with Crippen molar-refractivity contribution in [1.82, 2.24) is 5.32 Å². The quantitative estimate of drug-likeness (QED) is 0.182. The molecule has 0 spiro atoms. The van der Waals surface area contributed by atoms with Gasteiger partial charge in [0.2, 0.25) is 12.0 Å². The molecule has 6 N–H and O–H groups in total. The largest absolute Gasteiger partial charge is 0.485 e. The lowest BCUT2D eigenvalue weighted by atomic mass is 9.78. The fourth-order valence-electron chi connectivity index (χ4n) is 4.94. The maximum atomic E-state index is 12.3. The van der Waals surface area contributed by atoms with Crippen molar-refractivity contribution < 1.29 is 53.7 Å². The Labute approximate surface area is 246 Å². The van der Waals surface area contributed by atoms with Crippen molar-refractivity contribution in [3.63, 3.8) is 0 Å². The van der Waals surface area contributed by atoms with Crippen molar-refractivity contribution in [3.8, 4) is 11.5 Å². The van der Waals surface area contributed by atoms with Crippen LogP contribution in [0.25, 0.3) is 11.0 Å². The zero-order valence-electron chi connectivity index (χ0n) is 23.0. The van der Waals surface area contributed by atoms with Crippen LogP contribution in [-0.2, 0) is 20.7 Å². The molecule has 41 heavy (non-hydrogen) atoms. The molecule has 14 heteroatoms. The van der Waals surface area contributed by atoms with E-state index in [0.717, 1.165) is 0 Å². The number of carbonyl (C=O) groups excluding carboxylic acids is 1. The number of nitrogens with one attached hydrogen (secondary N) is 1. The Balaban J connectivity index is 1.83. The van der Waals surface area contributed by atoms with Crippen LogP contribution in [0.3, 0.4) is 0 Å². The average Bonchev–Trinajstić information content (AvgIpc) is 3.44. The molecule has 2 aliphatic heterocycles. The summed E-state index contributed by atoms with van der Waals surface area (Å²) in [6, 6.07) is 3.53. The van der Waals surface area contributed by atoms with Gasteiger partial charge in [0, 0.05) is 43.0 Å². The number of aliphatic hydroxyl groups excluding tert-OH is 4. The van der Waals surface area contributed by atoms with Crippen molar-refractivity contribution in [2.24, 2.45) is 0 Å². The van der Waals surface area contributed by atoms with E-state index in [2.05, 4.69) is 5.32 Å². The number of fused-ring (bicyclic) bond motifs is 5. The Bertz CT molecular complexity index is 1150. The second-order valence-corrected chi connectivity index (χ2v) is 12.6. The van der Waals surface area contributed by atoms with Gasteiger partial charge in [-0.1, -0.05) is 21.6 Å². The van der Waals surface area contributed by atoms with Crippen LogP contribution in [0.2, 0.25) is 0 Å². The summed E-state index contributed by atoms with van der Waals surface area (Å²) >= 11 is 0. The maximum absolute atomic E-state index is 12.3. The molecule has 1 aromatic heterocycles. The molecule has 0 amide bonds. The van der Waals surface area contributed by atoms with Crippen molar-refractivity contribution in [2.75, 3.05) is 51.0 Å². The molecule has 1 aromatic carbocycles. The zero-order valence-corrected chi connectivity index (χ0v) is 24.6. The van der Waals surface area contributed by atoms with Gasteiger partial charge in [-0.15, -0.1) is 0 Å². The highest BCUT2D eigenvalue weighted by Gasteiger charge is 2.62. The molecule has 12 nitrogen and oxygen atoms in total. The summed E-state index contributed by atoms with van der Waals surface area (Å²) in [6.07, 6.45) is -3.45. The van der Waals surface area contributed by atoms with Crippen molar-refractivity contribution >= 4 is 38.5 Å². The highest BCUT2D eigenvalue weighted by atomic mass is 33.1. The lowest BCUT2D eigenvalue weighted by molar-refractivity contribution is -0.350. The number of ether oxygens (including phenoxy) is 4. The highest BCUT2D eigenvalue weighted by molar-refractivity contribution is 8.76. The summed E-state index contributed by atoms with van der Waals surface area (Å²) in [5.74, 6) is 0.726. The minimum Gasteiger partial charge on any atom is -0.485 e. The third-order valence-corrected chi connectivity index (χ3v) is 9.73. The average molecular weight is 618 g/mol. The molecule has 1 fully saturated rings. The predicted octanol–water partition coefficient (Wildman–Crippen LogP) is 0.983. The van der Waals surface area contributed by atoms with E-state index in [1.165, 1.54) is 27.9 Å². The molecule has 5 unspecified atom stereocenters. The lowest BCUT2D eigenvalue weighted by Crippen LogP contribution is -2.73. The number of rotatable bonds is 8. The summed E-state index contributed by atoms with van der Waals surface area (Å²) in [7, 11) is 2.85. The Hall–Kier alpha value is -1.75. The first-order valence-electron chi connectivity index (χ1n) is 13.7. The van der Waals surface area contributed by atoms with Gasteiger partial charge in [-0.2, -0.15) is 0 Å². The molecular formula is C27H39NO11S2. The van der Waals surface area contributed by atoms with Gasteiger partial charge in [-0.05, 0) is 43.9 Å². The Morgan fingerprint density at radius 1 is 1.20 bits per heavy atom. The molecule has 2 aliphatic rings. The molecule has 2 aromatic rings. The number of esters is 1. The minimum absolute atomic E-state index is 0.0324. The topological polar surface area (TPSA) is 180 Å². The third-order valence-electron chi connectivity index (χ3n) is 7.24. The summed E-state index contributed by atoms with van der Waals surface area (Å²) in [5, 5.41) is 58.1. The van der Waals surface area contributed by atoms with Crippen molar-refractivity contribution in [2.45, 2.75) is 62.3 Å². The van der Waals surface area contributed by atoms with E-state index >= 15 is 0 Å². The van der Waals surface area contributed by atoms with E-state index in [1.54, 1.807) is 19.1 Å². The first-order valence-corrected chi connectivity index (χ1v) is 16.2. The Morgan fingerprint density at radius 2 is 2.02 bits per heavy atom. The van der Waals surface area contributed by atoms with Gasteiger partial charge in [0.25, 0.3) is 0 Å². The van der Waals surface area contributed by atoms with E-state index in [1.807, 2.05) is 0 Å². The second-order valence-electron chi connectivity index (χ2n) is 10.0. The SMILES string of the molecule is CCOC(=O)CCc1cc2ccoc2c2c1OC1OC(CO)(CSSCCNCCO2)C(O)C(O)C1(O)CCCO. The smallest absolute Gasteiger partial charge is 0.306 e. The van der Waals surface area contributed by atoms with E-state index in [9.17, 15) is 30.3 Å². The molecule has 0 aliphatic carbocycles. The number of hydrogen-bond donors (Lipinski definition) is 6. The number of benzene rings is 1. The van der Waals surface area contributed by atoms with Gasteiger partial charge in [0.05, 0.1) is 19.5 Å². The fraction of sp³-hybridized carbons (Fsp3) is 0.667. The van der Waals surface area contributed by atoms with Gasteiger partial charge in [-0.25, -0.2) is 0 Å². The monoisotopic (exact) mass is 617 g/mol. The third kappa shape index (κ3) is 7.08. The van der Waals surface area contributed by atoms with Crippen molar-refractivity contribution in [3.05, 3.63) is 24.0 Å². The standard InChI is InChI=1S/C27H39NO11S2/c1-2-35-19(31)5-4-17-14-18-6-11-36-20(18)22-21(17)38-25-27(34,7-3-10-29)24(33)23(32)26(15-30,39-25)16-41-40-13-9-28-8-12-37-22/h6,11,14,23-25,28-30,32-34H,2-5,7-10,12-13,15-16H2,1H3. The van der Waals surface area contributed by atoms with Crippen molar-refractivity contribution in [1.29, 1.82) is 0 Å². The number of hydrogen-bond acceptors (Lipinski definition) is 14. The normalized spacial score (nSPS) is 29.5. The lowest BCUT2D eigenvalue weighted by Gasteiger charge is -2.53. The van der Waals surface area contributed by atoms with Crippen LogP contribution in [0, 0.1) is 0 Å². The van der Waals surface area contributed by atoms with Gasteiger partial charge in [0.1, 0.15) is 24.4 Å². The van der Waals surface area contributed by atoms with Crippen LogP contribution in [0.5, 0.6) is 11.5 Å². The van der Waals surface area contributed by atoms with Crippen LogP contribution < -0.4 is 14.8 Å². The summed E-state index contributed by atoms with van der Waals surface area (Å²) in [5.41, 5.74) is -2.95. The molecule has 1 saturated heterocycles. The molecule has 4 rings (SSSR count). The first kappa shape index (κ1) is 32.2. The Kier molecular flexibility index (Phi) is 11.5. The number of aliphatic hydroxyl groups is 5. The van der Waals surface area contributed by atoms with E-state index in [4.69, 9.17) is 23.4 Å².